The number of nitrogens with one attached hydrogen (secondary N) is 1. The molecule has 0 saturated carbocycles. The number of piperidine rings is 1. The smallest absolute Gasteiger partial charge is 0.244 e. The lowest BCUT2D eigenvalue weighted by Crippen LogP contribution is -2.35. The maximum atomic E-state index is 12.7. The number of hydrogen-bond donors (Lipinski definition) is 1. The Morgan fingerprint density at radius 3 is 2.45 bits per heavy atom. The van der Waals surface area contributed by atoms with Gasteiger partial charge in [0.05, 0.1) is 27.4 Å². The first-order valence-corrected chi connectivity index (χ1v) is 12.0. The molecule has 1 amide bonds. The van der Waals surface area contributed by atoms with Crippen LogP contribution < -0.4 is 5.32 Å². The molecule has 3 heterocycles. The number of carbonyl (C=O) groups excluding carboxylic acids is 1. The number of hydrogen-bond acceptors (Lipinski definition) is 6. The van der Waals surface area contributed by atoms with E-state index < -0.39 is 15.3 Å². The first kappa shape index (κ1) is 21.8. The number of aromatic nitrogens is 3. The molecule has 0 radical (unpaired) electrons. The molecule has 1 N–H and O–H groups in total. The minimum Gasteiger partial charge on any atom is -0.322 e. The zero-order valence-electron chi connectivity index (χ0n) is 17.2. The number of pyridine rings is 1. The number of amides is 1. The fourth-order valence-corrected chi connectivity index (χ4v) is 5.51. The Labute approximate surface area is 176 Å². The maximum Gasteiger partial charge on any atom is 0.244 e. The van der Waals surface area contributed by atoms with Gasteiger partial charge in [0.15, 0.2) is 0 Å². The summed E-state index contributed by atoms with van der Waals surface area (Å²) in [5.74, 6) is -0.152. The van der Waals surface area contributed by atoms with Crippen molar-refractivity contribution in [1.29, 1.82) is 0 Å². The van der Waals surface area contributed by atoms with Crippen LogP contribution in [0.4, 0.5) is 5.69 Å². The highest BCUT2D eigenvalue weighted by atomic mass is 32.2. The van der Waals surface area contributed by atoms with Crippen molar-refractivity contribution >= 4 is 33.4 Å². The van der Waals surface area contributed by atoms with Crippen LogP contribution in [0.25, 0.3) is 0 Å². The van der Waals surface area contributed by atoms with Crippen molar-refractivity contribution in [3.8, 4) is 0 Å². The Morgan fingerprint density at radius 2 is 1.90 bits per heavy atom. The highest BCUT2D eigenvalue weighted by Crippen LogP contribution is 2.26. The molecule has 3 rings (SSSR count). The summed E-state index contributed by atoms with van der Waals surface area (Å²) < 4.78 is 28.7. The van der Waals surface area contributed by atoms with E-state index >= 15 is 0 Å². The average Bonchev–Trinajstić information content (AvgIpc) is 2.95. The predicted octanol–water partition coefficient (Wildman–Crippen LogP) is 2.73. The van der Waals surface area contributed by atoms with Crippen LogP contribution in [0.5, 0.6) is 0 Å². The lowest BCUT2D eigenvalue weighted by atomic mass is 10.2. The molecule has 0 aliphatic carbocycles. The van der Waals surface area contributed by atoms with Gasteiger partial charge in [0.25, 0.3) is 0 Å². The molecule has 2 aromatic rings. The van der Waals surface area contributed by atoms with E-state index in [-0.39, 0.29) is 10.8 Å². The molecule has 10 heteroatoms. The summed E-state index contributed by atoms with van der Waals surface area (Å²) >= 11 is 1.29. The lowest BCUT2D eigenvalue weighted by Gasteiger charge is -2.25. The third-order valence-corrected chi connectivity index (χ3v) is 8.02. The second-order valence-electron chi connectivity index (χ2n) is 7.22. The number of aryl methyl sites for hydroxylation is 2. The van der Waals surface area contributed by atoms with Gasteiger partial charge in [0.2, 0.25) is 15.9 Å². The molecule has 0 spiro atoms. The predicted molar refractivity (Wildman–Crippen MR) is 113 cm³/mol. The third-order valence-electron chi connectivity index (χ3n) is 5.09. The Bertz CT molecular complexity index is 980. The van der Waals surface area contributed by atoms with Crippen molar-refractivity contribution < 1.29 is 13.2 Å². The quantitative estimate of drug-likeness (QED) is 0.698. The van der Waals surface area contributed by atoms with Gasteiger partial charge in [-0.2, -0.15) is 9.40 Å². The van der Waals surface area contributed by atoms with Gasteiger partial charge < -0.3 is 5.32 Å². The zero-order valence-corrected chi connectivity index (χ0v) is 18.8. The number of carbonyl (C=O) groups is 1. The fraction of sp³-hybridized carbons (Fsp3) is 0.526. The molecule has 0 aromatic carbocycles. The summed E-state index contributed by atoms with van der Waals surface area (Å²) in [6.07, 6.45) is 4.23. The Balaban J connectivity index is 1.65. The Hall–Kier alpha value is -1.91. The second-order valence-corrected chi connectivity index (χ2v) is 10.5. The fourth-order valence-electron chi connectivity index (χ4n) is 3.26. The van der Waals surface area contributed by atoms with E-state index in [0.29, 0.717) is 18.1 Å². The van der Waals surface area contributed by atoms with E-state index in [4.69, 9.17) is 0 Å². The van der Waals surface area contributed by atoms with Crippen molar-refractivity contribution in [2.24, 2.45) is 7.05 Å². The summed E-state index contributed by atoms with van der Waals surface area (Å²) in [5, 5.41) is 7.43. The molecule has 2 aromatic heterocycles. The average molecular weight is 438 g/mol. The van der Waals surface area contributed by atoms with E-state index in [1.807, 2.05) is 20.9 Å². The van der Waals surface area contributed by atoms with Gasteiger partial charge in [-0.1, -0.05) is 18.2 Å². The lowest BCUT2D eigenvalue weighted by molar-refractivity contribution is -0.115. The molecular weight excluding hydrogens is 410 g/mol. The van der Waals surface area contributed by atoms with E-state index in [0.717, 1.165) is 36.3 Å². The van der Waals surface area contributed by atoms with Crippen LogP contribution in [0, 0.1) is 13.8 Å². The molecule has 1 unspecified atom stereocenters. The first-order chi connectivity index (χ1) is 13.7. The Kier molecular flexibility index (Phi) is 6.65. The number of rotatable bonds is 6. The van der Waals surface area contributed by atoms with Gasteiger partial charge in [-0.25, -0.2) is 13.4 Å². The van der Waals surface area contributed by atoms with Gasteiger partial charge in [-0.05, 0) is 45.7 Å². The van der Waals surface area contributed by atoms with E-state index in [2.05, 4.69) is 15.4 Å². The van der Waals surface area contributed by atoms with E-state index in [1.165, 1.54) is 22.3 Å². The van der Waals surface area contributed by atoms with Crippen molar-refractivity contribution in [3.05, 3.63) is 29.7 Å². The van der Waals surface area contributed by atoms with Gasteiger partial charge in [-0.3, -0.25) is 9.48 Å². The molecule has 29 heavy (non-hydrogen) atoms. The molecule has 0 bridgehead atoms. The van der Waals surface area contributed by atoms with Crippen molar-refractivity contribution in [2.75, 3.05) is 18.4 Å². The van der Waals surface area contributed by atoms with Gasteiger partial charge >= 0.3 is 0 Å². The monoisotopic (exact) mass is 437 g/mol. The molecular formula is C19H27N5O3S2. The molecule has 1 fully saturated rings. The minimum atomic E-state index is -3.50. The summed E-state index contributed by atoms with van der Waals surface area (Å²) in [4.78, 5) is 17.0. The van der Waals surface area contributed by atoms with E-state index in [9.17, 15) is 13.2 Å². The number of nitrogens with zero attached hydrogens (tertiary/aromatic N) is 4. The summed E-state index contributed by atoms with van der Waals surface area (Å²) in [7, 11) is -1.67. The maximum absolute atomic E-state index is 12.7. The van der Waals surface area contributed by atoms with Crippen LogP contribution in [0.2, 0.25) is 0 Å². The van der Waals surface area contributed by atoms with Crippen LogP contribution in [0.15, 0.2) is 28.3 Å². The van der Waals surface area contributed by atoms with Gasteiger partial charge in [-0.15, -0.1) is 0 Å². The van der Waals surface area contributed by atoms with Crippen LogP contribution in [0.3, 0.4) is 0 Å². The second kappa shape index (κ2) is 8.85. The largest absolute Gasteiger partial charge is 0.322 e. The van der Waals surface area contributed by atoms with E-state index in [1.54, 1.807) is 23.7 Å². The Morgan fingerprint density at radius 1 is 1.21 bits per heavy atom. The summed E-state index contributed by atoms with van der Waals surface area (Å²) in [5.41, 5.74) is 2.38. The topological polar surface area (TPSA) is 97.2 Å². The molecule has 158 valence electrons. The van der Waals surface area contributed by atoms with Crippen molar-refractivity contribution in [2.45, 2.75) is 55.2 Å². The molecule has 8 nitrogen and oxygen atoms in total. The van der Waals surface area contributed by atoms with Gasteiger partial charge in [0.1, 0.15) is 4.90 Å². The molecule has 1 aliphatic heterocycles. The van der Waals surface area contributed by atoms with Crippen LogP contribution >= 0.6 is 11.8 Å². The van der Waals surface area contributed by atoms with Crippen LogP contribution in [-0.2, 0) is 21.9 Å². The number of sulfonamides is 1. The minimum absolute atomic E-state index is 0.152. The number of anilines is 1. The molecule has 1 saturated heterocycles. The number of thioether (sulfide) groups is 1. The normalized spacial score (nSPS) is 16.6. The third kappa shape index (κ3) is 4.81. The van der Waals surface area contributed by atoms with Crippen molar-refractivity contribution in [3.63, 3.8) is 0 Å². The van der Waals surface area contributed by atoms with Crippen LogP contribution in [-0.4, -0.2) is 51.7 Å². The molecule has 1 atom stereocenters. The highest BCUT2D eigenvalue weighted by Gasteiger charge is 2.26. The van der Waals surface area contributed by atoms with Crippen molar-refractivity contribution in [1.82, 2.24) is 19.1 Å². The first-order valence-electron chi connectivity index (χ1n) is 9.64. The molecule has 1 aliphatic rings. The summed E-state index contributed by atoms with van der Waals surface area (Å²) in [6.45, 7) is 6.66. The SMILES string of the molecule is Cc1nn(C)c(C)c1NC(=O)C(C)Sc1ccc(S(=O)(=O)N2CCCCC2)cn1. The van der Waals surface area contributed by atoms with Gasteiger partial charge in [0, 0.05) is 26.3 Å². The zero-order chi connectivity index (χ0) is 21.2. The van der Waals surface area contributed by atoms with Crippen LogP contribution in [0.1, 0.15) is 37.6 Å². The summed E-state index contributed by atoms with van der Waals surface area (Å²) in [6, 6.07) is 3.23. The standard InChI is InChI=1S/C19H27N5O3S2/c1-13-18(14(2)23(4)22-13)21-19(25)15(3)28-17-9-8-16(12-20-17)29(26,27)24-10-6-5-7-11-24/h8-9,12,15H,5-7,10-11H2,1-4H3,(H,21,25). The highest BCUT2D eigenvalue weighted by molar-refractivity contribution is 8.00.